The molecule has 4 rings (SSSR count). The summed E-state index contributed by atoms with van der Waals surface area (Å²) in [5.41, 5.74) is 0.411. The van der Waals surface area contributed by atoms with Crippen LogP contribution in [-0.4, -0.2) is 60.3 Å². The summed E-state index contributed by atoms with van der Waals surface area (Å²) < 4.78 is 6.38. The molecular weight excluding hydrogens is 861 g/mol. The zero-order chi connectivity index (χ0) is 50.5. The lowest BCUT2D eigenvalue weighted by molar-refractivity contribution is -0.207. The Bertz CT molecular complexity index is 1420. The van der Waals surface area contributed by atoms with Crippen molar-refractivity contribution in [3.05, 3.63) is 24.3 Å². The third-order valence-corrected chi connectivity index (χ3v) is 19.4. The van der Waals surface area contributed by atoms with Gasteiger partial charge in [-0.2, -0.15) is 0 Å². The number of aliphatic hydroxyl groups is 1. The predicted molar refractivity (Wildman–Crippen MR) is 299 cm³/mol. The largest absolute Gasteiger partial charge is 0.462 e. The molecule has 0 aromatic heterocycles. The summed E-state index contributed by atoms with van der Waals surface area (Å²) in [6.07, 6.45) is 51.9. The number of unbranched alkanes of at least 4 members (excludes halogenated alkanes) is 19. The number of carbonyl (C=O) groups excluding carboxylic acids is 2. The molecule has 0 spiro atoms. The molecule has 4 saturated carbocycles. The fourth-order valence-electron chi connectivity index (χ4n) is 15.2. The van der Waals surface area contributed by atoms with Gasteiger partial charge in [0.25, 0.3) is 0 Å². The van der Waals surface area contributed by atoms with Crippen LogP contribution in [0.1, 0.15) is 280 Å². The van der Waals surface area contributed by atoms with E-state index < -0.39 is 0 Å². The van der Waals surface area contributed by atoms with Crippen molar-refractivity contribution in [1.29, 1.82) is 0 Å². The molecule has 4 fully saturated rings. The lowest BCUT2D eigenvalue weighted by Crippen LogP contribution is -2.62. The van der Waals surface area contributed by atoms with Gasteiger partial charge in [-0.25, -0.2) is 0 Å². The van der Waals surface area contributed by atoms with E-state index in [-0.39, 0.29) is 40.8 Å². The number of allylic oxidation sites excluding steroid dienone is 4. The maximum absolute atomic E-state index is 13.5. The fraction of sp³-hybridized carbons (Fsp3) is 0.906. The summed E-state index contributed by atoms with van der Waals surface area (Å²) in [7, 11) is 0. The van der Waals surface area contributed by atoms with Crippen molar-refractivity contribution in [1.82, 2.24) is 10.2 Å². The number of hydrogen-bond acceptors (Lipinski definition) is 5. The third-order valence-electron chi connectivity index (χ3n) is 19.4. The van der Waals surface area contributed by atoms with Gasteiger partial charge < -0.3 is 20.1 Å². The molecule has 0 aliphatic heterocycles. The Balaban J connectivity index is 1.20. The van der Waals surface area contributed by atoms with Crippen LogP contribution in [0, 0.1) is 52.3 Å². The first-order valence-corrected chi connectivity index (χ1v) is 31.2. The van der Waals surface area contributed by atoms with Gasteiger partial charge in [0, 0.05) is 19.4 Å². The highest BCUT2D eigenvalue weighted by Crippen LogP contribution is 2.69. The van der Waals surface area contributed by atoms with Crippen molar-refractivity contribution in [2.24, 2.45) is 52.3 Å². The van der Waals surface area contributed by atoms with E-state index in [2.05, 4.69) is 83.0 Å². The van der Waals surface area contributed by atoms with Crippen molar-refractivity contribution in [2.45, 2.75) is 292 Å². The summed E-state index contributed by atoms with van der Waals surface area (Å²) in [5, 5.41) is 15.8. The van der Waals surface area contributed by atoms with Gasteiger partial charge in [0.05, 0.1) is 6.10 Å². The first-order valence-electron chi connectivity index (χ1n) is 31.2. The van der Waals surface area contributed by atoms with Crippen LogP contribution in [0.15, 0.2) is 24.3 Å². The maximum atomic E-state index is 13.5. The molecule has 11 atom stereocenters. The topological polar surface area (TPSA) is 78.9 Å². The van der Waals surface area contributed by atoms with E-state index in [0.717, 1.165) is 71.1 Å². The van der Waals surface area contributed by atoms with E-state index in [1.54, 1.807) is 0 Å². The van der Waals surface area contributed by atoms with Gasteiger partial charge in [0.2, 0.25) is 5.91 Å². The van der Waals surface area contributed by atoms with Gasteiger partial charge in [0.15, 0.2) is 0 Å². The molecule has 0 bridgehead atoms. The summed E-state index contributed by atoms with van der Waals surface area (Å²) in [4.78, 5) is 29.2. The molecule has 1 amide bonds. The van der Waals surface area contributed by atoms with Gasteiger partial charge >= 0.3 is 5.97 Å². The Morgan fingerprint density at radius 1 is 0.614 bits per heavy atom. The molecule has 0 unspecified atom stereocenters. The van der Waals surface area contributed by atoms with Gasteiger partial charge in [-0.05, 0) is 187 Å². The van der Waals surface area contributed by atoms with Gasteiger partial charge in [-0.15, -0.1) is 0 Å². The smallest absolute Gasteiger partial charge is 0.306 e. The van der Waals surface area contributed by atoms with Gasteiger partial charge in [0.1, 0.15) is 6.10 Å². The average molecular weight is 978 g/mol. The molecule has 4 aliphatic carbocycles. The number of aliphatic hydroxyl groups excluding tert-OH is 1. The van der Waals surface area contributed by atoms with Gasteiger partial charge in [-0.3, -0.25) is 9.59 Å². The fourth-order valence-corrected chi connectivity index (χ4v) is 15.2. The van der Waals surface area contributed by atoms with E-state index >= 15 is 0 Å². The number of nitrogens with one attached hydrogen (secondary N) is 1. The standard InChI is InChI=1S/C64H116N2O4/c1-8-12-15-18-21-24-25-26-27-28-31-34-47-65-59(67)42-39-52(5)55-40-41-56-61-57(44-46-63(55,56)6)64(7)45-43-53(51-58(64)54(11-4)62(61)69)70-60(68)38-37-50-66(48-35-32-29-22-19-16-13-9-2)49-36-33-30-23-20-17-14-10-3/h19-20,22-23,52-58,61-62,69H,8-18,21,24-51H2,1-7H3,(H,65,67)/b22-19+,23-20+/t52-,53-,54-,55-,56+,57+,58+,61+,62-,63-,64-/m1/s1. The van der Waals surface area contributed by atoms with E-state index in [1.165, 1.54) is 173 Å². The minimum Gasteiger partial charge on any atom is -0.462 e. The highest BCUT2D eigenvalue weighted by molar-refractivity contribution is 5.75. The van der Waals surface area contributed by atoms with Crippen LogP contribution >= 0.6 is 0 Å². The molecule has 0 saturated heterocycles. The molecule has 6 nitrogen and oxygen atoms in total. The second-order valence-electron chi connectivity index (χ2n) is 24.5. The highest BCUT2D eigenvalue weighted by Gasteiger charge is 2.65. The van der Waals surface area contributed by atoms with Crippen LogP contribution in [-0.2, 0) is 14.3 Å². The van der Waals surface area contributed by atoms with E-state index in [0.29, 0.717) is 48.3 Å². The monoisotopic (exact) mass is 977 g/mol. The molecule has 0 aromatic rings. The Kier molecular flexibility index (Phi) is 30.2. The summed E-state index contributed by atoms with van der Waals surface area (Å²) in [5.74, 6) is 3.45. The quantitative estimate of drug-likeness (QED) is 0.0364. The highest BCUT2D eigenvalue weighted by atomic mass is 16.5. The number of esters is 1. The van der Waals surface area contributed by atoms with E-state index in [1.807, 2.05) is 0 Å². The summed E-state index contributed by atoms with van der Waals surface area (Å²) in [6.45, 7) is 20.7. The van der Waals surface area contributed by atoms with Gasteiger partial charge in [-0.1, -0.05) is 176 Å². The number of carbonyl (C=O) groups is 2. The SMILES string of the molecule is CCCC/C=C/CCCCN(CCCC/C=C/CCCC)CCCC(=O)O[C@@H]1CC[C@@]2(C)[C@@H](C1)[C@@H](CC)[C@@H](O)[C@@H]1[C@@H]2CC[C@]2(C)[C@@H]([C@H](C)CCC(=O)NCCCCCCCCCCCCCC)CC[C@@H]12. The second kappa shape index (κ2) is 34.8. The molecule has 0 heterocycles. The normalized spacial score (nSPS) is 29.1. The third kappa shape index (κ3) is 19.9. The van der Waals surface area contributed by atoms with Crippen LogP contribution in [0.4, 0.5) is 0 Å². The van der Waals surface area contributed by atoms with Crippen molar-refractivity contribution in [3.63, 3.8) is 0 Å². The van der Waals surface area contributed by atoms with E-state index in [9.17, 15) is 14.7 Å². The maximum Gasteiger partial charge on any atom is 0.306 e. The summed E-state index contributed by atoms with van der Waals surface area (Å²) >= 11 is 0. The Hall–Kier alpha value is -1.66. The Labute approximate surface area is 434 Å². The average Bonchev–Trinajstić information content (AvgIpc) is 3.71. The lowest BCUT2D eigenvalue weighted by atomic mass is 9.41. The number of hydrogen-bond donors (Lipinski definition) is 2. The first kappa shape index (κ1) is 60.9. The summed E-state index contributed by atoms with van der Waals surface area (Å²) in [6, 6.07) is 0. The van der Waals surface area contributed by atoms with Crippen molar-refractivity contribution < 1.29 is 19.4 Å². The first-order chi connectivity index (χ1) is 34.0. The van der Waals surface area contributed by atoms with Crippen LogP contribution in [0.2, 0.25) is 0 Å². The van der Waals surface area contributed by atoms with Crippen molar-refractivity contribution >= 4 is 11.9 Å². The number of ether oxygens (including phenoxy) is 1. The molecule has 4 aliphatic rings. The zero-order valence-corrected chi connectivity index (χ0v) is 47.4. The van der Waals surface area contributed by atoms with Crippen LogP contribution in [0.5, 0.6) is 0 Å². The minimum atomic E-state index is -0.285. The molecule has 406 valence electrons. The van der Waals surface area contributed by atoms with Crippen LogP contribution < -0.4 is 5.32 Å². The molecule has 6 heteroatoms. The Morgan fingerprint density at radius 3 is 1.73 bits per heavy atom. The second-order valence-corrected chi connectivity index (χ2v) is 24.5. The van der Waals surface area contributed by atoms with Crippen molar-refractivity contribution in [2.75, 3.05) is 26.2 Å². The van der Waals surface area contributed by atoms with E-state index in [4.69, 9.17) is 4.74 Å². The minimum absolute atomic E-state index is 0.0121. The molecule has 2 N–H and O–H groups in total. The number of amides is 1. The number of rotatable bonds is 39. The molecule has 0 radical (unpaired) electrons. The zero-order valence-electron chi connectivity index (χ0n) is 47.4. The Morgan fingerprint density at radius 2 is 1.14 bits per heavy atom. The number of nitrogens with zero attached hydrogens (tertiary/aromatic N) is 1. The van der Waals surface area contributed by atoms with Crippen LogP contribution in [0.3, 0.4) is 0 Å². The van der Waals surface area contributed by atoms with Crippen LogP contribution in [0.25, 0.3) is 0 Å². The molecule has 0 aromatic carbocycles. The van der Waals surface area contributed by atoms with Crippen molar-refractivity contribution in [3.8, 4) is 0 Å². The lowest BCUT2D eigenvalue weighted by Gasteiger charge is -2.65. The molecular formula is C64H116N2O4. The predicted octanol–water partition coefficient (Wildman–Crippen LogP) is 17.3. The number of fused-ring (bicyclic) bond motifs is 5. The molecule has 70 heavy (non-hydrogen) atoms.